The standard InChI is InChI=1S/C29H33N2O2/c1-6-7-24(16-19-30-26-8-12-28(13-9-26)32-22(2)3)25-17-20-31(21-18-25)27-10-14-29(15-11-27)33-23(4)5/h6-23H,1-5H3/q+1/b7-6-,24-16+,30-19+. The van der Waals surface area contributed by atoms with E-state index in [2.05, 4.69) is 52.3 Å². The molecule has 0 aliphatic heterocycles. The number of aliphatic imine (C=N–C) groups is 1. The van der Waals surface area contributed by atoms with Crippen LogP contribution in [0.4, 0.5) is 5.69 Å². The summed E-state index contributed by atoms with van der Waals surface area (Å²) in [6.07, 6.45) is 12.4. The summed E-state index contributed by atoms with van der Waals surface area (Å²) in [6.45, 7) is 10.1. The second kappa shape index (κ2) is 11.8. The van der Waals surface area contributed by atoms with Crippen LogP contribution < -0.4 is 14.0 Å². The van der Waals surface area contributed by atoms with Crippen LogP contribution in [0.5, 0.6) is 11.5 Å². The molecule has 0 bridgehead atoms. The van der Waals surface area contributed by atoms with Crippen LogP contribution >= 0.6 is 0 Å². The van der Waals surface area contributed by atoms with Crippen molar-refractivity contribution in [3.05, 3.63) is 96.8 Å². The molecule has 0 N–H and O–H groups in total. The Balaban J connectivity index is 1.72. The number of benzene rings is 2. The van der Waals surface area contributed by atoms with Gasteiger partial charge in [0.15, 0.2) is 12.4 Å². The third-order valence-corrected chi connectivity index (χ3v) is 4.70. The lowest BCUT2D eigenvalue weighted by atomic mass is 10.1. The van der Waals surface area contributed by atoms with Crippen LogP contribution in [0.2, 0.25) is 0 Å². The molecule has 3 aromatic rings. The highest BCUT2D eigenvalue weighted by Crippen LogP contribution is 2.20. The zero-order chi connectivity index (χ0) is 23.6. The highest BCUT2D eigenvalue weighted by molar-refractivity contribution is 5.89. The fourth-order valence-corrected chi connectivity index (χ4v) is 3.27. The molecule has 3 rings (SSSR count). The van der Waals surface area contributed by atoms with Gasteiger partial charge in [-0.15, -0.1) is 0 Å². The molecular weight excluding hydrogens is 408 g/mol. The summed E-state index contributed by atoms with van der Waals surface area (Å²) < 4.78 is 13.5. The lowest BCUT2D eigenvalue weighted by Gasteiger charge is -2.09. The zero-order valence-corrected chi connectivity index (χ0v) is 20.1. The van der Waals surface area contributed by atoms with Crippen LogP contribution in [0.25, 0.3) is 11.3 Å². The fraction of sp³-hybridized carbons (Fsp3) is 0.241. The summed E-state index contributed by atoms with van der Waals surface area (Å²) in [5, 5.41) is 0. The highest BCUT2D eigenvalue weighted by atomic mass is 16.5. The Kier molecular flexibility index (Phi) is 8.59. The molecule has 0 aliphatic carbocycles. The van der Waals surface area contributed by atoms with Crippen molar-refractivity contribution in [3.8, 4) is 17.2 Å². The van der Waals surface area contributed by atoms with E-state index in [9.17, 15) is 0 Å². The van der Waals surface area contributed by atoms with Gasteiger partial charge in [-0.3, -0.25) is 4.99 Å². The first kappa shape index (κ1) is 24.0. The Bertz CT molecular complexity index is 1090. The lowest BCUT2D eigenvalue weighted by molar-refractivity contribution is -0.595. The molecule has 4 heteroatoms. The average molecular weight is 442 g/mol. The smallest absolute Gasteiger partial charge is 0.210 e. The minimum atomic E-state index is 0.161. The van der Waals surface area contributed by atoms with E-state index in [4.69, 9.17) is 9.47 Å². The number of hydrogen-bond acceptors (Lipinski definition) is 3. The summed E-state index contributed by atoms with van der Waals surface area (Å²) >= 11 is 0. The van der Waals surface area contributed by atoms with Crippen molar-refractivity contribution in [3.63, 3.8) is 0 Å². The second-order valence-electron chi connectivity index (χ2n) is 8.22. The average Bonchev–Trinajstić information content (AvgIpc) is 2.80. The minimum Gasteiger partial charge on any atom is -0.491 e. The third-order valence-electron chi connectivity index (χ3n) is 4.70. The second-order valence-corrected chi connectivity index (χ2v) is 8.22. The van der Waals surface area contributed by atoms with Crippen LogP contribution in [0, 0.1) is 0 Å². The van der Waals surface area contributed by atoms with Gasteiger partial charge in [-0.05, 0) is 88.2 Å². The number of pyridine rings is 1. The molecule has 0 atom stereocenters. The molecule has 33 heavy (non-hydrogen) atoms. The summed E-state index contributed by atoms with van der Waals surface area (Å²) in [5.74, 6) is 1.74. The van der Waals surface area contributed by atoms with E-state index in [1.807, 2.05) is 89.4 Å². The number of rotatable bonds is 9. The van der Waals surface area contributed by atoms with E-state index in [1.54, 1.807) is 0 Å². The number of aromatic nitrogens is 1. The van der Waals surface area contributed by atoms with E-state index >= 15 is 0 Å². The summed E-state index contributed by atoms with van der Waals surface area (Å²) in [6, 6.07) is 20.1. The Morgan fingerprint density at radius 2 is 1.33 bits per heavy atom. The van der Waals surface area contributed by atoms with Gasteiger partial charge in [-0.1, -0.05) is 12.2 Å². The van der Waals surface area contributed by atoms with Crippen LogP contribution in [0.1, 0.15) is 40.2 Å². The Morgan fingerprint density at radius 1 is 0.788 bits per heavy atom. The summed E-state index contributed by atoms with van der Waals surface area (Å²) in [7, 11) is 0. The van der Waals surface area contributed by atoms with Crippen LogP contribution in [-0.4, -0.2) is 18.4 Å². The van der Waals surface area contributed by atoms with Crippen molar-refractivity contribution in [1.29, 1.82) is 0 Å². The number of ether oxygens (including phenoxy) is 2. The largest absolute Gasteiger partial charge is 0.491 e. The van der Waals surface area contributed by atoms with Crippen molar-refractivity contribution >= 4 is 17.5 Å². The van der Waals surface area contributed by atoms with Gasteiger partial charge in [-0.2, -0.15) is 4.57 Å². The summed E-state index contributed by atoms with van der Waals surface area (Å²) in [4.78, 5) is 4.56. The van der Waals surface area contributed by atoms with Crippen LogP contribution in [0.3, 0.4) is 0 Å². The van der Waals surface area contributed by atoms with Gasteiger partial charge in [0.1, 0.15) is 11.5 Å². The Morgan fingerprint density at radius 3 is 1.85 bits per heavy atom. The Labute approximate surface area is 197 Å². The number of nitrogens with zero attached hydrogens (tertiary/aromatic N) is 2. The molecule has 0 radical (unpaired) electrons. The van der Waals surface area contributed by atoms with Crippen molar-refractivity contribution in [1.82, 2.24) is 0 Å². The molecule has 170 valence electrons. The molecule has 0 amide bonds. The minimum absolute atomic E-state index is 0.161. The van der Waals surface area contributed by atoms with Gasteiger partial charge in [-0.25, -0.2) is 0 Å². The SMILES string of the molecule is C\C=C/C(=C\C=N\c1ccc(OC(C)C)cc1)c1cc[n+](-c2ccc(OC(C)C)cc2)cc1. The normalized spacial score (nSPS) is 12.3. The van der Waals surface area contributed by atoms with E-state index < -0.39 is 0 Å². The first-order valence-corrected chi connectivity index (χ1v) is 11.4. The maximum atomic E-state index is 5.73. The maximum absolute atomic E-state index is 5.73. The van der Waals surface area contributed by atoms with E-state index in [0.717, 1.165) is 34.0 Å². The van der Waals surface area contributed by atoms with Gasteiger partial charge in [0.2, 0.25) is 5.69 Å². The maximum Gasteiger partial charge on any atom is 0.210 e. The predicted octanol–water partition coefficient (Wildman–Crippen LogP) is 6.90. The van der Waals surface area contributed by atoms with Crippen molar-refractivity contribution in [2.45, 2.75) is 46.8 Å². The van der Waals surface area contributed by atoms with Gasteiger partial charge >= 0.3 is 0 Å². The molecule has 1 aromatic heterocycles. The Hall–Kier alpha value is -3.66. The first-order valence-electron chi connectivity index (χ1n) is 11.4. The van der Waals surface area contributed by atoms with Gasteiger partial charge in [0, 0.05) is 30.5 Å². The monoisotopic (exact) mass is 441 g/mol. The van der Waals surface area contributed by atoms with E-state index in [1.165, 1.54) is 0 Å². The summed E-state index contributed by atoms with van der Waals surface area (Å²) in [5.41, 5.74) is 4.18. The molecule has 0 aliphatic rings. The van der Waals surface area contributed by atoms with Crippen LogP contribution in [0.15, 0.2) is 96.3 Å². The topological polar surface area (TPSA) is 34.7 Å². The quantitative estimate of drug-likeness (QED) is 0.206. The zero-order valence-electron chi connectivity index (χ0n) is 20.1. The van der Waals surface area contributed by atoms with Crippen molar-refractivity contribution < 1.29 is 14.0 Å². The van der Waals surface area contributed by atoms with E-state index in [-0.39, 0.29) is 12.2 Å². The van der Waals surface area contributed by atoms with Crippen molar-refractivity contribution in [2.24, 2.45) is 4.99 Å². The highest BCUT2D eigenvalue weighted by Gasteiger charge is 2.08. The molecule has 2 aromatic carbocycles. The molecule has 1 heterocycles. The molecule has 0 fully saturated rings. The van der Waals surface area contributed by atoms with E-state index in [0.29, 0.717) is 0 Å². The number of allylic oxidation sites excluding steroid dienone is 4. The van der Waals surface area contributed by atoms with Gasteiger partial charge < -0.3 is 9.47 Å². The molecule has 0 saturated heterocycles. The lowest BCUT2D eigenvalue weighted by Crippen LogP contribution is -2.29. The van der Waals surface area contributed by atoms with Crippen molar-refractivity contribution in [2.75, 3.05) is 0 Å². The molecule has 0 spiro atoms. The molecule has 0 unspecified atom stereocenters. The van der Waals surface area contributed by atoms with Gasteiger partial charge in [0.05, 0.1) is 17.9 Å². The fourth-order valence-electron chi connectivity index (χ4n) is 3.27. The molecule has 0 saturated carbocycles. The molecule has 4 nitrogen and oxygen atoms in total. The predicted molar refractivity (Wildman–Crippen MR) is 137 cm³/mol. The number of hydrogen-bond donors (Lipinski definition) is 0. The van der Waals surface area contributed by atoms with Crippen LogP contribution in [-0.2, 0) is 0 Å². The third kappa shape index (κ3) is 7.46. The molecular formula is C29H33N2O2+. The van der Waals surface area contributed by atoms with Gasteiger partial charge in [0.25, 0.3) is 0 Å². The first-order chi connectivity index (χ1) is 15.9.